The third-order valence-electron chi connectivity index (χ3n) is 4.80. The Hall–Kier alpha value is -0.970. The molecule has 0 aliphatic carbocycles. The Morgan fingerprint density at radius 3 is 2.85 bits per heavy atom. The Labute approximate surface area is 177 Å². The van der Waals surface area contributed by atoms with Crippen molar-refractivity contribution in [1.82, 2.24) is 10.2 Å². The van der Waals surface area contributed by atoms with Crippen LogP contribution in [0.3, 0.4) is 0 Å². The van der Waals surface area contributed by atoms with Crippen molar-refractivity contribution in [3.63, 3.8) is 0 Å². The fraction of sp³-hybridized carbons (Fsp3) is 0.632. The molecule has 0 spiro atoms. The fourth-order valence-corrected chi connectivity index (χ4v) is 3.43. The molecule has 0 aromatic heterocycles. The lowest BCUT2D eigenvalue weighted by molar-refractivity contribution is -0.0817. The summed E-state index contributed by atoms with van der Waals surface area (Å²) in [5.74, 6) is 0.438. The quantitative estimate of drug-likeness (QED) is 0.375. The smallest absolute Gasteiger partial charge is 0.194 e. The molecule has 0 bridgehead atoms. The molecule has 2 saturated heterocycles. The molecule has 2 aliphatic heterocycles. The van der Waals surface area contributed by atoms with Crippen LogP contribution in [0, 0.1) is 5.82 Å². The molecular formula is C19H29FIN3O3. The molecule has 152 valence electrons. The minimum absolute atomic E-state index is 0. The van der Waals surface area contributed by atoms with Crippen LogP contribution in [0.1, 0.15) is 30.9 Å². The van der Waals surface area contributed by atoms with Crippen molar-refractivity contribution >= 4 is 29.9 Å². The van der Waals surface area contributed by atoms with Crippen LogP contribution in [0.2, 0.25) is 0 Å². The molecule has 27 heavy (non-hydrogen) atoms. The summed E-state index contributed by atoms with van der Waals surface area (Å²) in [6, 6.07) is 4.75. The largest absolute Gasteiger partial charge is 0.392 e. The van der Waals surface area contributed by atoms with Crippen LogP contribution in [0.15, 0.2) is 23.2 Å². The number of aliphatic hydroxyl groups excluding tert-OH is 1. The second-order valence-corrected chi connectivity index (χ2v) is 6.66. The zero-order chi connectivity index (χ0) is 18.4. The molecule has 2 fully saturated rings. The number of aliphatic hydroxyl groups is 1. The van der Waals surface area contributed by atoms with Crippen molar-refractivity contribution in [2.75, 3.05) is 32.8 Å². The third kappa shape index (κ3) is 6.00. The summed E-state index contributed by atoms with van der Waals surface area (Å²) in [6.07, 6.45) is 2.38. The van der Waals surface area contributed by atoms with Gasteiger partial charge >= 0.3 is 0 Å². The topological polar surface area (TPSA) is 66.3 Å². The predicted octanol–water partition coefficient (Wildman–Crippen LogP) is 2.28. The number of morpholine rings is 1. The predicted molar refractivity (Wildman–Crippen MR) is 113 cm³/mol. The molecule has 0 saturated carbocycles. The highest BCUT2D eigenvalue weighted by molar-refractivity contribution is 14.0. The molecule has 2 unspecified atom stereocenters. The lowest BCUT2D eigenvalue weighted by Crippen LogP contribution is -2.53. The van der Waals surface area contributed by atoms with E-state index in [0.717, 1.165) is 50.6 Å². The van der Waals surface area contributed by atoms with Crippen molar-refractivity contribution in [1.29, 1.82) is 0 Å². The number of rotatable bonds is 5. The summed E-state index contributed by atoms with van der Waals surface area (Å²) in [7, 11) is 0. The van der Waals surface area contributed by atoms with Crippen molar-refractivity contribution in [2.24, 2.45) is 4.99 Å². The van der Waals surface area contributed by atoms with Gasteiger partial charge in [-0.25, -0.2) is 9.38 Å². The van der Waals surface area contributed by atoms with Gasteiger partial charge in [0.25, 0.3) is 0 Å². The maximum absolute atomic E-state index is 13.5. The first-order chi connectivity index (χ1) is 12.7. The molecule has 1 aromatic carbocycles. The van der Waals surface area contributed by atoms with Gasteiger partial charge < -0.3 is 24.8 Å². The van der Waals surface area contributed by atoms with Crippen LogP contribution in [0.4, 0.5) is 4.39 Å². The average Bonchev–Trinajstić information content (AvgIpc) is 3.21. The first-order valence-corrected chi connectivity index (χ1v) is 9.36. The third-order valence-corrected chi connectivity index (χ3v) is 4.80. The molecular weight excluding hydrogens is 464 g/mol. The van der Waals surface area contributed by atoms with Gasteiger partial charge in [0.2, 0.25) is 0 Å². The van der Waals surface area contributed by atoms with Crippen LogP contribution >= 0.6 is 24.0 Å². The monoisotopic (exact) mass is 493 g/mol. The highest BCUT2D eigenvalue weighted by Crippen LogP contribution is 2.21. The Bertz CT molecular complexity index is 626. The van der Waals surface area contributed by atoms with E-state index in [9.17, 15) is 9.50 Å². The number of benzene rings is 1. The minimum Gasteiger partial charge on any atom is -0.392 e. The van der Waals surface area contributed by atoms with E-state index in [4.69, 9.17) is 14.5 Å². The summed E-state index contributed by atoms with van der Waals surface area (Å²) in [5.41, 5.74) is 1.17. The van der Waals surface area contributed by atoms with E-state index in [1.54, 1.807) is 12.1 Å². The summed E-state index contributed by atoms with van der Waals surface area (Å²) in [4.78, 5) is 6.91. The number of nitrogens with one attached hydrogen (secondary N) is 1. The molecule has 2 aliphatic rings. The van der Waals surface area contributed by atoms with Crippen LogP contribution in [-0.4, -0.2) is 61.0 Å². The first-order valence-electron chi connectivity index (χ1n) is 9.36. The number of nitrogens with zero attached hydrogens (tertiary/aromatic N) is 2. The summed E-state index contributed by atoms with van der Waals surface area (Å²) >= 11 is 0. The average molecular weight is 493 g/mol. The summed E-state index contributed by atoms with van der Waals surface area (Å²) in [6.45, 7) is 5.92. The van der Waals surface area contributed by atoms with Gasteiger partial charge in [-0.15, -0.1) is 24.0 Å². The molecule has 0 amide bonds. The molecule has 3 rings (SSSR count). The highest BCUT2D eigenvalue weighted by Gasteiger charge is 2.32. The van der Waals surface area contributed by atoms with Gasteiger partial charge in [0.15, 0.2) is 5.96 Å². The van der Waals surface area contributed by atoms with E-state index < -0.39 is 0 Å². The van der Waals surface area contributed by atoms with Crippen molar-refractivity contribution in [3.8, 4) is 0 Å². The number of halogens is 2. The molecule has 8 heteroatoms. The van der Waals surface area contributed by atoms with Gasteiger partial charge in [0.05, 0.1) is 25.9 Å². The van der Waals surface area contributed by atoms with Crippen LogP contribution in [0.5, 0.6) is 0 Å². The molecule has 1 aromatic rings. The number of guanidine groups is 1. The van der Waals surface area contributed by atoms with Gasteiger partial charge in [-0.2, -0.15) is 0 Å². The maximum Gasteiger partial charge on any atom is 0.194 e. The number of hydrogen-bond acceptors (Lipinski definition) is 4. The zero-order valence-corrected chi connectivity index (χ0v) is 18.0. The van der Waals surface area contributed by atoms with E-state index in [1.807, 2.05) is 6.92 Å². The minimum atomic E-state index is -0.389. The Kier molecular flexibility index (Phi) is 9.20. The zero-order valence-electron chi connectivity index (χ0n) is 15.7. The van der Waals surface area contributed by atoms with Crippen LogP contribution in [-0.2, 0) is 22.6 Å². The molecule has 0 radical (unpaired) electrons. The van der Waals surface area contributed by atoms with Gasteiger partial charge in [-0.1, -0.05) is 6.07 Å². The van der Waals surface area contributed by atoms with Gasteiger partial charge in [0, 0.05) is 31.8 Å². The van der Waals surface area contributed by atoms with Crippen LogP contribution < -0.4 is 5.32 Å². The van der Waals surface area contributed by atoms with Gasteiger partial charge in [-0.3, -0.25) is 0 Å². The highest BCUT2D eigenvalue weighted by atomic mass is 127. The molecule has 2 atom stereocenters. The van der Waals surface area contributed by atoms with E-state index in [1.165, 1.54) is 6.07 Å². The fourth-order valence-electron chi connectivity index (χ4n) is 3.43. The first kappa shape index (κ1) is 22.3. The molecule has 2 N–H and O–H groups in total. The number of hydrogen-bond donors (Lipinski definition) is 2. The Morgan fingerprint density at radius 2 is 2.15 bits per heavy atom. The van der Waals surface area contributed by atoms with E-state index in [2.05, 4.69) is 10.2 Å². The van der Waals surface area contributed by atoms with E-state index >= 15 is 0 Å². The lowest BCUT2D eigenvalue weighted by atomic mass is 10.1. The molecule has 6 nitrogen and oxygen atoms in total. The standard InChI is InChI=1S/C19H28FN3O3.HI/c1-2-21-19(22-11-14-5-6-16(20)15(10-14)13-24)23-7-9-26-18(12-23)17-4-3-8-25-17;/h5-6,10,17-18,24H,2-4,7-9,11-13H2,1H3,(H,21,22);1H. The second-order valence-electron chi connectivity index (χ2n) is 6.66. The van der Waals surface area contributed by atoms with Gasteiger partial charge in [0.1, 0.15) is 11.9 Å². The summed E-state index contributed by atoms with van der Waals surface area (Å²) in [5, 5.41) is 12.5. The van der Waals surface area contributed by atoms with Crippen LogP contribution in [0.25, 0.3) is 0 Å². The Balaban J connectivity index is 0.00000261. The second kappa shape index (κ2) is 11.1. The van der Waals surface area contributed by atoms with Crippen molar-refractivity contribution in [2.45, 2.75) is 45.1 Å². The number of aliphatic imine (C=N–C) groups is 1. The van der Waals surface area contributed by atoms with Crippen molar-refractivity contribution < 1.29 is 19.0 Å². The number of ether oxygens (including phenoxy) is 2. The summed E-state index contributed by atoms with van der Waals surface area (Å²) < 4.78 is 25.2. The normalized spacial score (nSPS) is 23.2. The van der Waals surface area contributed by atoms with E-state index in [0.29, 0.717) is 18.7 Å². The Morgan fingerprint density at radius 1 is 1.33 bits per heavy atom. The van der Waals surface area contributed by atoms with Crippen molar-refractivity contribution in [3.05, 3.63) is 35.1 Å². The maximum atomic E-state index is 13.5. The SMILES string of the molecule is CCNC(=NCc1ccc(F)c(CO)c1)N1CCOC(C2CCCO2)C1.I. The lowest BCUT2D eigenvalue weighted by Gasteiger charge is -2.37. The molecule has 2 heterocycles. The van der Waals surface area contributed by atoms with E-state index in [-0.39, 0.29) is 48.6 Å². The van der Waals surface area contributed by atoms with Gasteiger partial charge in [-0.05, 0) is 37.5 Å².